The van der Waals surface area contributed by atoms with E-state index in [1.165, 1.54) is 0 Å². The molecular formula is C5H11ClN2OS. The molecule has 0 aliphatic carbocycles. The zero-order valence-corrected chi connectivity index (χ0v) is 7.13. The average molecular weight is 183 g/mol. The van der Waals surface area contributed by atoms with Gasteiger partial charge in [0.2, 0.25) is 5.91 Å². The number of carbonyl (C=O) groups is 1. The largest absolute Gasteiger partial charge is 0.354 e. The molecule has 10 heavy (non-hydrogen) atoms. The number of rotatable bonds is 0. The number of hydrogen-bond donors (Lipinski definition) is 2. The Morgan fingerprint density at radius 3 is 3.10 bits per heavy atom. The van der Waals surface area contributed by atoms with Crippen LogP contribution in [0.4, 0.5) is 0 Å². The van der Waals surface area contributed by atoms with Crippen LogP contribution in [-0.2, 0) is 4.79 Å². The van der Waals surface area contributed by atoms with Crippen LogP contribution in [0.15, 0.2) is 0 Å². The number of thioether (sulfide) groups is 1. The lowest BCUT2D eigenvalue weighted by Crippen LogP contribution is -2.40. The summed E-state index contributed by atoms with van der Waals surface area (Å²) in [6.07, 6.45) is 0. The summed E-state index contributed by atoms with van der Waals surface area (Å²) in [5.41, 5.74) is 5.45. The molecule has 1 rings (SSSR count). The van der Waals surface area contributed by atoms with Crippen LogP contribution in [-0.4, -0.2) is 30.0 Å². The van der Waals surface area contributed by atoms with Crippen molar-refractivity contribution in [2.24, 2.45) is 5.73 Å². The van der Waals surface area contributed by atoms with Crippen LogP contribution in [0, 0.1) is 0 Å². The fraction of sp³-hybridized carbons (Fsp3) is 0.800. The fourth-order valence-electron chi connectivity index (χ4n) is 0.663. The Morgan fingerprint density at radius 1 is 1.70 bits per heavy atom. The number of carbonyl (C=O) groups excluding carboxylic acids is 1. The van der Waals surface area contributed by atoms with Gasteiger partial charge in [-0.25, -0.2) is 0 Å². The molecule has 3 N–H and O–H groups in total. The van der Waals surface area contributed by atoms with Crippen molar-refractivity contribution < 1.29 is 4.79 Å². The van der Waals surface area contributed by atoms with Gasteiger partial charge >= 0.3 is 0 Å². The minimum absolute atomic E-state index is 0. The molecular weight excluding hydrogens is 172 g/mol. The van der Waals surface area contributed by atoms with Gasteiger partial charge < -0.3 is 11.1 Å². The minimum atomic E-state index is -0.294. The average Bonchev–Trinajstić information content (AvgIpc) is 1.99. The van der Waals surface area contributed by atoms with Gasteiger partial charge in [0.05, 0.1) is 6.04 Å². The lowest BCUT2D eigenvalue weighted by molar-refractivity contribution is -0.121. The Kier molecular flexibility index (Phi) is 4.85. The highest BCUT2D eigenvalue weighted by Gasteiger charge is 2.14. The van der Waals surface area contributed by atoms with Crippen LogP contribution in [0.2, 0.25) is 0 Å². The highest BCUT2D eigenvalue weighted by Crippen LogP contribution is 2.03. The summed E-state index contributed by atoms with van der Waals surface area (Å²) in [6, 6.07) is -0.294. The highest BCUT2D eigenvalue weighted by atomic mass is 35.5. The van der Waals surface area contributed by atoms with Crippen LogP contribution >= 0.6 is 24.2 Å². The minimum Gasteiger partial charge on any atom is -0.354 e. The Hall–Kier alpha value is 0.0700. The van der Waals surface area contributed by atoms with Gasteiger partial charge in [0, 0.05) is 18.1 Å². The maximum atomic E-state index is 10.8. The van der Waals surface area contributed by atoms with E-state index < -0.39 is 0 Å². The van der Waals surface area contributed by atoms with Crippen molar-refractivity contribution in [1.29, 1.82) is 0 Å². The van der Waals surface area contributed by atoms with Crippen molar-refractivity contribution in [3.8, 4) is 0 Å². The van der Waals surface area contributed by atoms with E-state index in [9.17, 15) is 4.79 Å². The second kappa shape index (κ2) is 4.82. The number of nitrogens with two attached hydrogens (primary N) is 1. The maximum Gasteiger partial charge on any atom is 0.237 e. The van der Waals surface area contributed by atoms with Gasteiger partial charge in [0.25, 0.3) is 0 Å². The summed E-state index contributed by atoms with van der Waals surface area (Å²) in [7, 11) is 0. The predicted octanol–water partition coefficient (Wildman–Crippen LogP) is -0.402. The summed E-state index contributed by atoms with van der Waals surface area (Å²) in [5, 5.41) is 2.71. The molecule has 0 aromatic carbocycles. The Labute approximate surface area is 70.5 Å². The van der Waals surface area contributed by atoms with Gasteiger partial charge in [-0.05, 0) is 0 Å². The van der Waals surface area contributed by atoms with Crippen molar-refractivity contribution in [2.45, 2.75) is 6.04 Å². The zero-order chi connectivity index (χ0) is 6.69. The van der Waals surface area contributed by atoms with E-state index in [1.54, 1.807) is 11.8 Å². The van der Waals surface area contributed by atoms with Crippen molar-refractivity contribution >= 4 is 30.1 Å². The molecule has 0 aromatic heterocycles. The molecule has 0 bridgehead atoms. The standard InChI is InChI=1S/C5H10N2OS.ClH/c6-4-3-9-2-1-7-5(4)8;/h4H,1-3,6H2,(H,7,8);1H/t4-;/m1./s1. The van der Waals surface area contributed by atoms with Crippen molar-refractivity contribution in [3.05, 3.63) is 0 Å². The normalized spacial score (nSPS) is 26.1. The molecule has 1 fully saturated rings. The van der Waals surface area contributed by atoms with Crippen LogP contribution in [0.1, 0.15) is 0 Å². The molecule has 1 saturated heterocycles. The van der Waals surface area contributed by atoms with E-state index >= 15 is 0 Å². The molecule has 1 aliphatic heterocycles. The highest BCUT2D eigenvalue weighted by molar-refractivity contribution is 7.99. The first-order valence-electron chi connectivity index (χ1n) is 2.92. The van der Waals surface area contributed by atoms with E-state index in [1.807, 2.05) is 0 Å². The summed E-state index contributed by atoms with van der Waals surface area (Å²) in [4.78, 5) is 10.8. The second-order valence-corrected chi connectivity index (χ2v) is 3.12. The first kappa shape index (κ1) is 10.1. The number of hydrogen-bond acceptors (Lipinski definition) is 3. The molecule has 1 heterocycles. The van der Waals surface area contributed by atoms with E-state index in [0.29, 0.717) is 0 Å². The zero-order valence-electron chi connectivity index (χ0n) is 5.50. The summed E-state index contributed by atoms with van der Waals surface area (Å²) in [5.74, 6) is 1.73. The molecule has 0 radical (unpaired) electrons. The third-order valence-corrected chi connectivity index (χ3v) is 2.27. The van der Waals surface area contributed by atoms with Crippen molar-refractivity contribution in [2.75, 3.05) is 18.1 Å². The number of halogens is 1. The van der Waals surface area contributed by atoms with E-state index in [-0.39, 0.29) is 24.4 Å². The summed E-state index contributed by atoms with van der Waals surface area (Å²) >= 11 is 1.72. The number of nitrogens with one attached hydrogen (secondary N) is 1. The second-order valence-electron chi connectivity index (χ2n) is 1.97. The first-order chi connectivity index (χ1) is 4.30. The van der Waals surface area contributed by atoms with Gasteiger partial charge in [-0.15, -0.1) is 12.4 Å². The third kappa shape index (κ3) is 2.77. The Morgan fingerprint density at radius 2 is 2.40 bits per heavy atom. The smallest absolute Gasteiger partial charge is 0.237 e. The van der Waals surface area contributed by atoms with Crippen LogP contribution in [0.3, 0.4) is 0 Å². The van der Waals surface area contributed by atoms with Gasteiger partial charge in [-0.3, -0.25) is 4.79 Å². The monoisotopic (exact) mass is 182 g/mol. The topological polar surface area (TPSA) is 55.1 Å². The molecule has 3 nitrogen and oxygen atoms in total. The van der Waals surface area contributed by atoms with Gasteiger partial charge in [-0.1, -0.05) is 0 Å². The SMILES string of the molecule is Cl.N[C@@H]1CSCCNC1=O. The van der Waals surface area contributed by atoms with Gasteiger partial charge in [0.15, 0.2) is 0 Å². The molecule has 1 amide bonds. The van der Waals surface area contributed by atoms with Gasteiger partial charge in [0.1, 0.15) is 0 Å². The van der Waals surface area contributed by atoms with Crippen LogP contribution < -0.4 is 11.1 Å². The molecule has 0 aromatic rings. The summed E-state index contributed by atoms with van der Waals surface area (Å²) in [6.45, 7) is 0.761. The van der Waals surface area contributed by atoms with Gasteiger partial charge in [-0.2, -0.15) is 11.8 Å². The molecule has 1 atom stereocenters. The van der Waals surface area contributed by atoms with E-state index in [0.717, 1.165) is 18.1 Å². The summed E-state index contributed by atoms with van der Waals surface area (Å²) < 4.78 is 0. The first-order valence-corrected chi connectivity index (χ1v) is 4.07. The quantitative estimate of drug-likeness (QED) is 0.536. The Bertz CT molecular complexity index is 122. The fourth-order valence-corrected chi connectivity index (χ4v) is 1.48. The lowest BCUT2D eigenvalue weighted by Gasteiger charge is -2.03. The molecule has 5 heteroatoms. The third-order valence-electron chi connectivity index (χ3n) is 1.18. The molecule has 60 valence electrons. The maximum absolute atomic E-state index is 10.8. The number of amides is 1. The molecule has 0 unspecified atom stereocenters. The molecule has 1 aliphatic rings. The van der Waals surface area contributed by atoms with Crippen LogP contribution in [0.5, 0.6) is 0 Å². The predicted molar refractivity (Wildman–Crippen MR) is 45.6 cm³/mol. The van der Waals surface area contributed by atoms with E-state index in [2.05, 4.69) is 5.32 Å². The van der Waals surface area contributed by atoms with E-state index in [4.69, 9.17) is 5.73 Å². The molecule has 0 saturated carbocycles. The van der Waals surface area contributed by atoms with Crippen molar-refractivity contribution in [1.82, 2.24) is 5.32 Å². The van der Waals surface area contributed by atoms with Crippen LogP contribution in [0.25, 0.3) is 0 Å². The van der Waals surface area contributed by atoms with Crippen molar-refractivity contribution in [3.63, 3.8) is 0 Å². The lowest BCUT2D eigenvalue weighted by atomic mass is 10.3. The Balaban J connectivity index is 0.000000810. The molecule has 0 spiro atoms.